The second-order valence-electron chi connectivity index (χ2n) is 4.20. The van der Waals surface area contributed by atoms with Crippen LogP contribution < -0.4 is 5.32 Å². The summed E-state index contributed by atoms with van der Waals surface area (Å²) < 4.78 is 0.856. The van der Waals surface area contributed by atoms with Crippen LogP contribution >= 0.6 is 46.9 Å². The molecule has 0 saturated carbocycles. The van der Waals surface area contributed by atoms with Gasteiger partial charge in [-0.2, -0.15) is 0 Å². The van der Waals surface area contributed by atoms with Crippen LogP contribution in [0.4, 0.5) is 0 Å². The van der Waals surface area contributed by atoms with E-state index in [0.717, 1.165) is 29.8 Å². The number of halogens is 2. The van der Waals surface area contributed by atoms with Gasteiger partial charge in [0, 0.05) is 32.1 Å². The van der Waals surface area contributed by atoms with Crippen molar-refractivity contribution in [2.24, 2.45) is 4.99 Å². The fraction of sp³-hybridized carbons (Fsp3) is 0.615. The minimum Gasteiger partial charge on any atom is -0.356 e. The largest absolute Gasteiger partial charge is 0.356 e. The topological polar surface area (TPSA) is 27.6 Å². The summed E-state index contributed by atoms with van der Waals surface area (Å²) in [6.07, 6.45) is 3.38. The van der Waals surface area contributed by atoms with Crippen LogP contribution in [-0.2, 0) is 6.42 Å². The molecule has 0 unspecified atom stereocenters. The molecular weight excluding hydrogens is 393 g/mol. The molecule has 1 rings (SSSR count). The van der Waals surface area contributed by atoms with E-state index in [1.54, 1.807) is 11.3 Å². The van der Waals surface area contributed by atoms with Crippen molar-refractivity contribution in [3.8, 4) is 0 Å². The molecule has 1 aromatic heterocycles. The van der Waals surface area contributed by atoms with E-state index in [-0.39, 0.29) is 24.0 Å². The van der Waals surface area contributed by atoms with Gasteiger partial charge in [0.05, 0.1) is 4.34 Å². The van der Waals surface area contributed by atoms with Gasteiger partial charge in [-0.1, -0.05) is 24.9 Å². The number of hydrogen-bond acceptors (Lipinski definition) is 2. The lowest BCUT2D eigenvalue weighted by atomic mass is 10.3. The smallest absolute Gasteiger partial charge is 0.193 e. The molecule has 0 aliphatic heterocycles. The van der Waals surface area contributed by atoms with Gasteiger partial charge in [-0.3, -0.25) is 4.99 Å². The maximum Gasteiger partial charge on any atom is 0.193 e. The number of nitrogens with one attached hydrogen (secondary N) is 1. The van der Waals surface area contributed by atoms with E-state index in [9.17, 15) is 0 Å². The highest BCUT2D eigenvalue weighted by molar-refractivity contribution is 14.0. The number of aliphatic imine (C=N–C) groups is 1. The molecule has 1 N–H and O–H groups in total. The van der Waals surface area contributed by atoms with Crippen LogP contribution in [0, 0.1) is 0 Å². The Morgan fingerprint density at radius 2 is 2.21 bits per heavy atom. The highest BCUT2D eigenvalue weighted by Crippen LogP contribution is 2.21. The molecule has 6 heteroatoms. The standard InChI is InChI=1S/C13H22ClN3S.HI/c1-4-5-10-17(3)13(15-2)16-9-8-11-6-7-12(14)18-11;/h6-7H,4-5,8-10H2,1-3H3,(H,15,16);1H. The molecule has 19 heavy (non-hydrogen) atoms. The Labute approximate surface area is 142 Å². The Balaban J connectivity index is 0.00000324. The molecule has 0 atom stereocenters. The van der Waals surface area contributed by atoms with Gasteiger partial charge in [0.25, 0.3) is 0 Å². The Kier molecular flexibility index (Phi) is 10.7. The van der Waals surface area contributed by atoms with Crippen LogP contribution in [0.3, 0.4) is 0 Å². The van der Waals surface area contributed by atoms with E-state index in [0.29, 0.717) is 0 Å². The third kappa shape index (κ3) is 7.37. The Hall–Kier alpha value is -0.0100. The first-order chi connectivity index (χ1) is 8.67. The van der Waals surface area contributed by atoms with Gasteiger partial charge < -0.3 is 10.2 Å². The average Bonchev–Trinajstić information content (AvgIpc) is 2.77. The van der Waals surface area contributed by atoms with Gasteiger partial charge in [0.15, 0.2) is 5.96 Å². The van der Waals surface area contributed by atoms with Crippen LogP contribution in [-0.4, -0.2) is 38.0 Å². The Morgan fingerprint density at radius 1 is 1.47 bits per heavy atom. The zero-order chi connectivity index (χ0) is 13.4. The lowest BCUT2D eigenvalue weighted by molar-refractivity contribution is 0.465. The number of hydrogen-bond donors (Lipinski definition) is 1. The van der Waals surface area contributed by atoms with Crippen molar-refractivity contribution in [1.29, 1.82) is 0 Å². The third-order valence-electron chi connectivity index (χ3n) is 2.70. The third-order valence-corrected chi connectivity index (χ3v) is 3.99. The van der Waals surface area contributed by atoms with E-state index < -0.39 is 0 Å². The second kappa shape index (κ2) is 10.7. The van der Waals surface area contributed by atoms with Crippen molar-refractivity contribution in [3.63, 3.8) is 0 Å². The summed E-state index contributed by atoms with van der Waals surface area (Å²) in [5.74, 6) is 0.964. The van der Waals surface area contributed by atoms with Crippen LogP contribution in [0.2, 0.25) is 4.34 Å². The van der Waals surface area contributed by atoms with Gasteiger partial charge in [0.1, 0.15) is 0 Å². The lowest BCUT2D eigenvalue weighted by Crippen LogP contribution is -2.40. The lowest BCUT2D eigenvalue weighted by Gasteiger charge is -2.21. The Morgan fingerprint density at radius 3 is 2.74 bits per heavy atom. The fourth-order valence-electron chi connectivity index (χ4n) is 1.67. The van der Waals surface area contributed by atoms with Crippen LogP contribution in [0.15, 0.2) is 17.1 Å². The summed E-state index contributed by atoms with van der Waals surface area (Å²) in [7, 11) is 3.90. The summed E-state index contributed by atoms with van der Waals surface area (Å²) in [4.78, 5) is 7.76. The van der Waals surface area contributed by atoms with Gasteiger partial charge in [-0.15, -0.1) is 35.3 Å². The number of thiophene rings is 1. The van der Waals surface area contributed by atoms with Gasteiger partial charge in [-0.05, 0) is 25.0 Å². The van der Waals surface area contributed by atoms with Gasteiger partial charge >= 0.3 is 0 Å². The predicted octanol–water partition coefficient (Wildman–Crippen LogP) is 3.87. The molecule has 0 aliphatic rings. The zero-order valence-electron chi connectivity index (χ0n) is 11.8. The summed E-state index contributed by atoms with van der Waals surface area (Å²) in [6, 6.07) is 4.03. The monoisotopic (exact) mass is 415 g/mol. The highest BCUT2D eigenvalue weighted by Gasteiger charge is 2.04. The van der Waals surface area contributed by atoms with E-state index in [1.165, 1.54) is 17.7 Å². The maximum atomic E-state index is 5.90. The summed E-state index contributed by atoms with van der Waals surface area (Å²) in [5.41, 5.74) is 0. The summed E-state index contributed by atoms with van der Waals surface area (Å²) in [5, 5.41) is 3.38. The molecule has 110 valence electrons. The van der Waals surface area contributed by atoms with Gasteiger partial charge in [0.2, 0.25) is 0 Å². The SMILES string of the molecule is CCCCN(C)C(=NC)NCCc1ccc(Cl)s1.I. The first kappa shape index (κ1) is 19.0. The Bertz CT molecular complexity index is 382. The molecular formula is C13H23ClIN3S. The minimum atomic E-state index is 0. The van der Waals surface area contributed by atoms with Gasteiger partial charge in [-0.25, -0.2) is 0 Å². The molecule has 3 nitrogen and oxygen atoms in total. The number of rotatable bonds is 6. The summed E-state index contributed by atoms with van der Waals surface area (Å²) in [6.45, 7) is 4.13. The van der Waals surface area contributed by atoms with E-state index >= 15 is 0 Å². The first-order valence-electron chi connectivity index (χ1n) is 6.33. The summed E-state index contributed by atoms with van der Waals surface area (Å²) >= 11 is 7.54. The number of unbranched alkanes of at least 4 members (excludes halogenated alkanes) is 1. The normalized spacial score (nSPS) is 11.1. The van der Waals surface area contributed by atoms with Crippen molar-refractivity contribution in [2.45, 2.75) is 26.2 Å². The average molecular weight is 416 g/mol. The van der Waals surface area contributed by atoms with Crippen molar-refractivity contribution < 1.29 is 0 Å². The van der Waals surface area contributed by atoms with Crippen LogP contribution in [0.5, 0.6) is 0 Å². The molecule has 0 radical (unpaired) electrons. The molecule has 0 aliphatic carbocycles. The molecule has 0 amide bonds. The van der Waals surface area contributed by atoms with Crippen molar-refractivity contribution in [1.82, 2.24) is 10.2 Å². The van der Waals surface area contributed by atoms with E-state index in [1.807, 2.05) is 13.1 Å². The molecule has 0 aromatic carbocycles. The molecule has 0 saturated heterocycles. The quantitative estimate of drug-likeness (QED) is 0.434. The maximum absolute atomic E-state index is 5.90. The second-order valence-corrected chi connectivity index (χ2v) is 6.00. The molecule has 0 fully saturated rings. The van der Waals surface area contributed by atoms with Crippen molar-refractivity contribution >= 4 is 52.9 Å². The molecule has 0 spiro atoms. The fourth-order valence-corrected chi connectivity index (χ4v) is 2.76. The number of guanidine groups is 1. The highest BCUT2D eigenvalue weighted by atomic mass is 127. The minimum absolute atomic E-state index is 0. The van der Waals surface area contributed by atoms with E-state index in [2.05, 4.69) is 35.2 Å². The predicted molar refractivity (Wildman–Crippen MR) is 97.3 cm³/mol. The van der Waals surface area contributed by atoms with Crippen molar-refractivity contribution in [2.75, 3.05) is 27.2 Å². The zero-order valence-corrected chi connectivity index (χ0v) is 15.7. The number of nitrogens with zero attached hydrogens (tertiary/aromatic N) is 2. The van der Waals surface area contributed by atoms with Crippen LogP contribution in [0.1, 0.15) is 24.6 Å². The molecule has 0 bridgehead atoms. The first-order valence-corrected chi connectivity index (χ1v) is 7.52. The van der Waals surface area contributed by atoms with Crippen molar-refractivity contribution in [3.05, 3.63) is 21.3 Å². The van der Waals surface area contributed by atoms with Crippen LogP contribution in [0.25, 0.3) is 0 Å². The van der Waals surface area contributed by atoms with E-state index in [4.69, 9.17) is 11.6 Å². The molecule has 1 heterocycles. The molecule has 1 aromatic rings.